The Bertz CT molecular complexity index is 1250. The van der Waals surface area contributed by atoms with Crippen molar-refractivity contribution >= 4 is 28.7 Å². The first-order valence-electron chi connectivity index (χ1n) is 12.5. The molecular weight excluding hydrogens is 461 g/mol. The van der Waals surface area contributed by atoms with Crippen LogP contribution in [0.25, 0.3) is 10.9 Å². The second-order valence-electron chi connectivity index (χ2n) is 9.60. The third-order valence-corrected chi connectivity index (χ3v) is 7.64. The van der Waals surface area contributed by atoms with Crippen molar-refractivity contribution in [2.24, 2.45) is 0 Å². The van der Waals surface area contributed by atoms with Crippen molar-refractivity contribution in [3.05, 3.63) is 54.2 Å². The van der Waals surface area contributed by atoms with E-state index in [2.05, 4.69) is 30.5 Å². The molecule has 4 heterocycles. The van der Waals surface area contributed by atoms with Crippen molar-refractivity contribution in [1.82, 2.24) is 30.5 Å². The Morgan fingerprint density at radius 1 is 1.28 bits per heavy atom. The van der Waals surface area contributed by atoms with Crippen molar-refractivity contribution in [1.29, 1.82) is 0 Å². The fourth-order valence-corrected chi connectivity index (χ4v) is 5.68. The molecule has 0 saturated carbocycles. The van der Waals surface area contributed by atoms with Gasteiger partial charge in [-0.05, 0) is 56.6 Å². The van der Waals surface area contributed by atoms with Crippen molar-refractivity contribution in [3.8, 4) is 0 Å². The lowest BCUT2D eigenvalue weighted by atomic mass is 9.91. The first-order valence-corrected chi connectivity index (χ1v) is 12.5. The Kier molecular flexibility index (Phi) is 6.61. The highest BCUT2D eigenvalue weighted by Crippen LogP contribution is 2.44. The zero-order valence-electron chi connectivity index (χ0n) is 20.7. The van der Waals surface area contributed by atoms with Crippen LogP contribution in [0.3, 0.4) is 0 Å². The van der Waals surface area contributed by atoms with Crippen molar-refractivity contribution in [2.75, 3.05) is 25.0 Å². The summed E-state index contributed by atoms with van der Waals surface area (Å²) in [5, 5.41) is 6.79. The summed E-state index contributed by atoms with van der Waals surface area (Å²) in [6.07, 6.45) is 6.65. The van der Waals surface area contributed by atoms with Crippen LogP contribution in [0.15, 0.2) is 42.9 Å². The number of fused-ring (bicyclic) bond motifs is 2. The molecule has 1 aromatic carbocycles. The Labute approximate surface area is 209 Å². The number of nitrogens with zero attached hydrogens (tertiary/aromatic N) is 4. The largest absolute Gasteiger partial charge is 0.361 e. The number of anilines is 1. The molecule has 2 aromatic heterocycles. The molecule has 0 radical (unpaired) electrons. The van der Waals surface area contributed by atoms with E-state index >= 15 is 0 Å². The number of likely N-dealkylation sites (N-methyl/N-ethyl adjacent to an activating group) is 1. The fraction of sp³-hybridized carbons (Fsp3) is 0.462. The second kappa shape index (κ2) is 9.85. The number of hydrogen-bond acceptors (Lipinski definition) is 6. The lowest BCUT2D eigenvalue weighted by Gasteiger charge is -2.32. The molecule has 9 nitrogen and oxygen atoms in total. The number of nitrogens with one attached hydrogen (secondary N) is 3. The van der Waals surface area contributed by atoms with Gasteiger partial charge >= 0.3 is 0 Å². The van der Waals surface area contributed by atoms with Crippen molar-refractivity contribution in [3.63, 3.8) is 0 Å². The van der Waals surface area contributed by atoms with Gasteiger partial charge in [0.05, 0.1) is 18.1 Å². The summed E-state index contributed by atoms with van der Waals surface area (Å²) in [5.74, 6) is 0.0320. The van der Waals surface area contributed by atoms with Gasteiger partial charge in [0.15, 0.2) is 0 Å². The molecule has 0 aliphatic carbocycles. The number of carbonyl (C=O) groups excluding carboxylic acids is 2. The molecule has 10 heteroatoms. The molecule has 3 aromatic rings. The molecule has 5 atom stereocenters. The van der Waals surface area contributed by atoms with Crippen LogP contribution in [0.4, 0.5) is 10.3 Å². The second-order valence-corrected chi connectivity index (χ2v) is 9.60. The zero-order chi connectivity index (χ0) is 25.4. The molecule has 2 aliphatic rings. The van der Waals surface area contributed by atoms with Gasteiger partial charge < -0.3 is 25.4 Å². The first kappa shape index (κ1) is 24.2. The van der Waals surface area contributed by atoms with E-state index in [1.807, 2.05) is 18.0 Å². The molecular formula is C26H32FN7O2. The summed E-state index contributed by atoms with van der Waals surface area (Å²) < 4.78 is 13.9. The van der Waals surface area contributed by atoms with E-state index in [1.165, 1.54) is 12.1 Å². The van der Waals surface area contributed by atoms with E-state index in [9.17, 15) is 14.0 Å². The minimum absolute atomic E-state index is 0.0334. The van der Waals surface area contributed by atoms with Crippen molar-refractivity contribution in [2.45, 2.75) is 56.8 Å². The van der Waals surface area contributed by atoms with Crippen molar-refractivity contribution < 1.29 is 14.0 Å². The molecule has 0 spiro atoms. The molecule has 36 heavy (non-hydrogen) atoms. The van der Waals surface area contributed by atoms with Gasteiger partial charge in [0.2, 0.25) is 17.8 Å². The van der Waals surface area contributed by atoms with Gasteiger partial charge in [0, 0.05) is 48.5 Å². The van der Waals surface area contributed by atoms with Crippen LogP contribution in [0.5, 0.6) is 0 Å². The van der Waals surface area contributed by atoms with Crippen LogP contribution in [0.1, 0.15) is 38.2 Å². The molecule has 5 unspecified atom stereocenters. The van der Waals surface area contributed by atoms with E-state index in [1.54, 1.807) is 38.5 Å². The number of benzene rings is 1. The van der Waals surface area contributed by atoms with Crippen LogP contribution < -0.4 is 15.5 Å². The maximum Gasteiger partial charge on any atom is 0.245 e. The Hall–Kier alpha value is -3.53. The minimum Gasteiger partial charge on any atom is -0.361 e. The van der Waals surface area contributed by atoms with E-state index in [4.69, 9.17) is 0 Å². The number of H-pyrrole nitrogens is 1. The molecule has 5 rings (SSSR count). The highest BCUT2D eigenvalue weighted by molar-refractivity contribution is 5.90. The molecule has 0 bridgehead atoms. The summed E-state index contributed by atoms with van der Waals surface area (Å²) in [5.41, 5.74) is 1.77. The molecule has 2 saturated heterocycles. The lowest BCUT2D eigenvalue weighted by molar-refractivity contribution is -0.137. The van der Waals surface area contributed by atoms with Gasteiger partial charge in [-0.25, -0.2) is 14.4 Å². The maximum atomic E-state index is 13.9. The average Bonchev–Trinajstić information content (AvgIpc) is 3.60. The Balaban J connectivity index is 1.50. The highest BCUT2D eigenvalue weighted by Gasteiger charge is 2.52. The Morgan fingerprint density at radius 2 is 2.06 bits per heavy atom. The van der Waals surface area contributed by atoms with Gasteiger partial charge in [-0.3, -0.25) is 9.59 Å². The highest BCUT2D eigenvalue weighted by atomic mass is 19.1. The number of hydrogen-bond donors (Lipinski definition) is 3. The van der Waals surface area contributed by atoms with E-state index < -0.39 is 12.1 Å². The molecule has 190 valence electrons. The quantitative estimate of drug-likeness (QED) is 0.466. The molecule has 3 N–H and O–H groups in total. The van der Waals surface area contributed by atoms with Crippen LogP contribution in [0.2, 0.25) is 0 Å². The first-order chi connectivity index (χ1) is 17.4. The predicted molar refractivity (Wildman–Crippen MR) is 135 cm³/mol. The number of rotatable bonds is 7. The monoisotopic (exact) mass is 493 g/mol. The molecule has 2 fully saturated rings. The number of amides is 2. The standard InChI is InChI=1S/C26H32FN7O2/c1-4-20(32-24(35)15(2)28-3)25(36)33-11-8-22-23(33)19(14-34(22)26-29-9-5-10-30-26)18-13-31-21-12-16(27)6-7-17(18)21/h5-7,9-10,12-13,15,19-20,22-23,28,31H,4,8,11,14H2,1-3H3,(H,32,35). The predicted octanol–water partition coefficient (Wildman–Crippen LogP) is 2.17. The van der Waals surface area contributed by atoms with Gasteiger partial charge in [-0.1, -0.05) is 6.92 Å². The number of halogens is 1. The van der Waals surface area contributed by atoms with E-state index in [-0.39, 0.29) is 35.6 Å². The fourth-order valence-electron chi connectivity index (χ4n) is 5.68. The number of likely N-dealkylation sites (tertiary alicyclic amines) is 1. The van der Waals surface area contributed by atoms with E-state index in [0.717, 1.165) is 22.9 Å². The number of carbonyl (C=O) groups is 2. The summed E-state index contributed by atoms with van der Waals surface area (Å²) >= 11 is 0. The summed E-state index contributed by atoms with van der Waals surface area (Å²) in [4.78, 5) is 42.7. The topological polar surface area (TPSA) is 106 Å². The number of aromatic amines is 1. The van der Waals surface area contributed by atoms with Crippen LogP contribution in [-0.2, 0) is 9.59 Å². The Morgan fingerprint density at radius 3 is 2.78 bits per heavy atom. The van der Waals surface area contributed by atoms with E-state index in [0.29, 0.717) is 25.5 Å². The third kappa shape index (κ3) is 4.19. The third-order valence-electron chi connectivity index (χ3n) is 7.64. The SMILES string of the molecule is CCC(NC(=O)C(C)NC)C(=O)N1CCC2C1C(c1c[nH]c3cc(F)ccc13)CN2c1ncccn1. The molecule has 2 aliphatic heterocycles. The summed E-state index contributed by atoms with van der Waals surface area (Å²) in [6, 6.07) is 5.45. The van der Waals surface area contributed by atoms with Gasteiger partial charge in [0.25, 0.3) is 0 Å². The maximum absolute atomic E-state index is 13.9. The van der Waals surface area contributed by atoms with Gasteiger partial charge in [0.1, 0.15) is 11.9 Å². The summed E-state index contributed by atoms with van der Waals surface area (Å²) in [6.45, 7) is 4.89. The van der Waals surface area contributed by atoms with Crippen LogP contribution in [0, 0.1) is 5.82 Å². The van der Waals surface area contributed by atoms with Crippen LogP contribution in [-0.4, -0.2) is 76.0 Å². The normalized spacial score (nSPS) is 23.1. The minimum atomic E-state index is -0.605. The smallest absolute Gasteiger partial charge is 0.245 e. The van der Waals surface area contributed by atoms with Gasteiger partial charge in [-0.2, -0.15) is 0 Å². The number of aromatic nitrogens is 3. The van der Waals surface area contributed by atoms with Crippen LogP contribution >= 0.6 is 0 Å². The summed E-state index contributed by atoms with van der Waals surface area (Å²) in [7, 11) is 1.72. The molecule has 2 amide bonds. The average molecular weight is 494 g/mol. The lowest BCUT2D eigenvalue weighted by Crippen LogP contribution is -2.54. The van der Waals surface area contributed by atoms with Gasteiger partial charge in [-0.15, -0.1) is 0 Å². The zero-order valence-corrected chi connectivity index (χ0v) is 20.7.